The smallest absolute Gasteiger partial charge is 0.227 e. The zero-order chi connectivity index (χ0) is 26.9. The maximum Gasteiger partial charge on any atom is 0.227 e. The molecule has 1 atom stereocenters. The van der Waals surface area contributed by atoms with Gasteiger partial charge >= 0.3 is 0 Å². The monoisotopic (exact) mass is 528 g/mol. The van der Waals surface area contributed by atoms with Gasteiger partial charge in [-0.3, -0.25) is 0 Å². The van der Waals surface area contributed by atoms with Crippen molar-refractivity contribution in [1.29, 1.82) is 0 Å². The van der Waals surface area contributed by atoms with Gasteiger partial charge in [0.1, 0.15) is 5.75 Å². The highest BCUT2D eigenvalue weighted by Crippen LogP contribution is 2.27. The number of rotatable bonds is 5. The molecule has 2 aromatic carbocycles. The molecular weight excluding hydrogens is 488 g/mol. The van der Waals surface area contributed by atoms with Crippen molar-refractivity contribution in [2.75, 3.05) is 63.7 Å². The zero-order valence-electron chi connectivity index (χ0n) is 23.1. The quantitative estimate of drug-likeness (QED) is 0.455. The largest absolute Gasteiger partial charge is 0.493 e. The summed E-state index contributed by atoms with van der Waals surface area (Å²) in [4.78, 5) is 14.1. The van der Waals surface area contributed by atoms with E-state index in [4.69, 9.17) is 14.5 Å². The Bertz CT molecular complexity index is 1240. The molecule has 6 bridgehead atoms. The lowest BCUT2D eigenvalue weighted by Gasteiger charge is -2.33. The lowest BCUT2D eigenvalue weighted by atomic mass is 10.1. The van der Waals surface area contributed by atoms with Gasteiger partial charge in [0.2, 0.25) is 5.95 Å². The molecule has 3 heterocycles. The summed E-state index contributed by atoms with van der Waals surface area (Å²) in [7, 11) is 4.39. The zero-order valence-corrected chi connectivity index (χ0v) is 23.1. The molecule has 0 saturated carbocycles. The summed E-state index contributed by atoms with van der Waals surface area (Å²) < 4.78 is 11.9. The molecule has 2 aliphatic heterocycles. The summed E-state index contributed by atoms with van der Waals surface area (Å²) in [5.74, 6) is 1.39. The summed E-state index contributed by atoms with van der Waals surface area (Å²) in [6.45, 7) is 5.85. The second-order valence-corrected chi connectivity index (χ2v) is 10.3. The van der Waals surface area contributed by atoms with Crippen molar-refractivity contribution in [2.45, 2.75) is 31.9 Å². The third-order valence-corrected chi connectivity index (χ3v) is 7.34. The molecule has 0 spiro atoms. The second kappa shape index (κ2) is 13.6. The van der Waals surface area contributed by atoms with E-state index >= 15 is 0 Å². The van der Waals surface area contributed by atoms with E-state index < -0.39 is 0 Å². The van der Waals surface area contributed by atoms with Crippen LogP contribution in [0.25, 0.3) is 11.3 Å². The topological polar surface area (TPSA) is 74.8 Å². The minimum Gasteiger partial charge on any atom is -0.493 e. The average Bonchev–Trinajstić information content (AvgIpc) is 2.97. The van der Waals surface area contributed by atoms with Crippen molar-refractivity contribution >= 4 is 17.3 Å². The third kappa shape index (κ3) is 7.79. The number of likely N-dealkylation sites (N-methyl/N-ethyl adjacent to an activating group) is 2. The molecule has 2 aliphatic rings. The van der Waals surface area contributed by atoms with E-state index in [1.165, 1.54) is 12.8 Å². The number of ether oxygens (including phenoxy) is 2. The van der Waals surface area contributed by atoms with Gasteiger partial charge in [-0.1, -0.05) is 24.3 Å². The van der Waals surface area contributed by atoms with Crippen LogP contribution in [0.2, 0.25) is 0 Å². The molecule has 8 heteroatoms. The lowest BCUT2D eigenvalue weighted by Crippen LogP contribution is -2.46. The summed E-state index contributed by atoms with van der Waals surface area (Å²) in [5.41, 5.74) is 5.02. The number of hydrogen-bond acceptors (Lipinski definition) is 8. The fourth-order valence-corrected chi connectivity index (χ4v) is 5.01. The van der Waals surface area contributed by atoms with Gasteiger partial charge in [0, 0.05) is 55.9 Å². The van der Waals surface area contributed by atoms with Crippen LogP contribution in [0.1, 0.15) is 24.8 Å². The van der Waals surface area contributed by atoms with Crippen LogP contribution in [0, 0.1) is 0 Å². The van der Waals surface area contributed by atoms with Gasteiger partial charge in [-0.15, -0.1) is 0 Å². The maximum absolute atomic E-state index is 5.99. The summed E-state index contributed by atoms with van der Waals surface area (Å²) in [6, 6.07) is 17.1. The molecule has 0 radical (unpaired) electrons. The summed E-state index contributed by atoms with van der Waals surface area (Å²) in [5, 5.41) is 6.96. The Morgan fingerprint density at radius 1 is 1.05 bits per heavy atom. The molecular formula is C31H40N6O2. The van der Waals surface area contributed by atoms with E-state index in [2.05, 4.69) is 69.9 Å². The number of piperidine rings is 1. The molecule has 0 aliphatic carbocycles. The van der Waals surface area contributed by atoms with Gasteiger partial charge in [0.05, 0.1) is 25.5 Å². The van der Waals surface area contributed by atoms with Crippen molar-refractivity contribution in [3.8, 4) is 17.0 Å². The number of hydrogen-bond donors (Lipinski definition) is 2. The fourth-order valence-electron chi connectivity index (χ4n) is 5.01. The van der Waals surface area contributed by atoms with Crippen molar-refractivity contribution < 1.29 is 9.47 Å². The van der Waals surface area contributed by atoms with E-state index in [1.807, 2.05) is 30.3 Å². The van der Waals surface area contributed by atoms with Gasteiger partial charge < -0.3 is 29.9 Å². The Hall–Kier alpha value is -3.46. The molecule has 1 aromatic heterocycles. The first kappa shape index (κ1) is 27.1. The van der Waals surface area contributed by atoms with Crippen LogP contribution in [-0.2, 0) is 11.3 Å². The first-order chi connectivity index (χ1) is 19.1. The molecule has 39 heavy (non-hydrogen) atoms. The van der Waals surface area contributed by atoms with Crippen LogP contribution in [0.5, 0.6) is 5.75 Å². The van der Waals surface area contributed by atoms with E-state index in [0.29, 0.717) is 31.8 Å². The highest BCUT2D eigenvalue weighted by atomic mass is 16.5. The van der Waals surface area contributed by atoms with E-state index in [-0.39, 0.29) is 0 Å². The number of anilines is 3. The van der Waals surface area contributed by atoms with E-state index in [9.17, 15) is 0 Å². The lowest BCUT2D eigenvalue weighted by molar-refractivity contribution is 0.148. The number of nitrogens with one attached hydrogen (secondary N) is 2. The molecule has 3 aromatic rings. The highest BCUT2D eigenvalue weighted by Gasteiger charge is 2.18. The number of benzene rings is 2. The molecule has 1 saturated heterocycles. The Balaban J connectivity index is 1.37. The predicted molar refractivity (Wildman–Crippen MR) is 158 cm³/mol. The van der Waals surface area contributed by atoms with Crippen LogP contribution in [0.4, 0.5) is 17.3 Å². The molecule has 1 fully saturated rings. The first-order valence-corrected chi connectivity index (χ1v) is 14.0. The van der Waals surface area contributed by atoms with Crippen LogP contribution in [-0.4, -0.2) is 74.4 Å². The van der Waals surface area contributed by atoms with Crippen molar-refractivity contribution in [3.05, 3.63) is 72.4 Å². The van der Waals surface area contributed by atoms with Crippen molar-refractivity contribution in [1.82, 2.24) is 20.2 Å². The van der Waals surface area contributed by atoms with E-state index in [0.717, 1.165) is 66.5 Å². The highest BCUT2D eigenvalue weighted by molar-refractivity contribution is 5.66. The van der Waals surface area contributed by atoms with Gasteiger partial charge in [0.15, 0.2) is 0 Å². The van der Waals surface area contributed by atoms with Crippen LogP contribution in [0.15, 0.2) is 66.9 Å². The first-order valence-electron chi connectivity index (χ1n) is 14.0. The average molecular weight is 529 g/mol. The Morgan fingerprint density at radius 3 is 2.90 bits per heavy atom. The van der Waals surface area contributed by atoms with Crippen LogP contribution in [0.3, 0.4) is 0 Å². The molecule has 1 unspecified atom stereocenters. The van der Waals surface area contributed by atoms with Crippen molar-refractivity contribution in [2.24, 2.45) is 0 Å². The third-order valence-electron chi connectivity index (χ3n) is 7.34. The molecule has 8 nitrogen and oxygen atoms in total. The van der Waals surface area contributed by atoms with Crippen LogP contribution < -0.4 is 20.3 Å². The number of fused-ring (bicyclic) bond motifs is 7. The number of aromatic nitrogens is 2. The SMILES string of the molecule is CN(CCN(C)C1CCCNC1)c1cc2cc(c1)Nc1nccc(n1)-c1cccc(c1)OCC/C=C/COC2. The normalized spacial score (nSPS) is 18.8. The van der Waals surface area contributed by atoms with Gasteiger partial charge in [-0.05, 0) is 74.8 Å². The molecule has 0 amide bonds. The predicted octanol–water partition coefficient (Wildman–Crippen LogP) is 4.86. The standard InChI is InChI=1S/C31H40N6O2/c1-36(27-9-7-12-32-22-27)14-15-37(2)28-19-24-18-26(21-28)34-31-33-13-11-30(35-31)25-8-6-10-29(20-25)39-17-5-3-4-16-38-23-24/h3-4,6,8,10-11,13,18-21,27,32H,5,7,9,12,14-17,22-23H2,1-2H3,(H,33,34,35)/b4-3+. The minimum absolute atomic E-state index is 0.524. The molecule has 5 rings (SSSR count). The fraction of sp³-hybridized carbons (Fsp3) is 0.419. The molecule has 2 N–H and O–H groups in total. The van der Waals surface area contributed by atoms with Crippen LogP contribution >= 0.6 is 0 Å². The van der Waals surface area contributed by atoms with Gasteiger partial charge in [-0.2, -0.15) is 0 Å². The second-order valence-electron chi connectivity index (χ2n) is 10.3. The van der Waals surface area contributed by atoms with Gasteiger partial charge in [-0.25, -0.2) is 9.97 Å². The van der Waals surface area contributed by atoms with E-state index in [1.54, 1.807) is 6.20 Å². The maximum atomic E-state index is 5.99. The number of nitrogens with zero attached hydrogens (tertiary/aromatic N) is 4. The Labute approximate surface area is 232 Å². The summed E-state index contributed by atoms with van der Waals surface area (Å²) >= 11 is 0. The Morgan fingerprint density at radius 2 is 2.00 bits per heavy atom. The summed E-state index contributed by atoms with van der Waals surface area (Å²) in [6.07, 6.45) is 9.30. The van der Waals surface area contributed by atoms with Gasteiger partial charge in [0.25, 0.3) is 0 Å². The Kier molecular flexibility index (Phi) is 9.43. The molecule has 206 valence electrons. The minimum atomic E-state index is 0.524. The van der Waals surface area contributed by atoms with Crippen molar-refractivity contribution in [3.63, 3.8) is 0 Å².